The summed E-state index contributed by atoms with van der Waals surface area (Å²) in [7, 11) is 0. The van der Waals surface area contributed by atoms with E-state index < -0.39 is 0 Å². The van der Waals surface area contributed by atoms with E-state index in [1.807, 2.05) is 17.0 Å². The van der Waals surface area contributed by atoms with Crippen molar-refractivity contribution in [2.24, 2.45) is 11.1 Å². The van der Waals surface area contributed by atoms with Crippen LogP contribution in [0.15, 0.2) is 30.6 Å². The molecule has 1 atom stereocenters. The van der Waals surface area contributed by atoms with Gasteiger partial charge < -0.3 is 16.4 Å². The number of pyridine rings is 1. The summed E-state index contributed by atoms with van der Waals surface area (Å²) in [6.45, 7) is 3.66. The minimum atomic E-state index is 0.167. The van der Waals surface area contributed by atoms with Crippen LogP contribution in [0, 0.1) is 10.8 Å². The first kappa shape index (κ1) is 18.6. The summed E-state index contributed by atoms with van der Waals surface area (Å²) in [5.41, 5.74) is 16.6. The van der Waals surface area contributed by atoms with E-state index in [4.69, 9.17) is 16.9 Å². The lowest BCUT2D eigenvalue weighted by molar-refractivity contribution is 0.308. The van der Waals surface area contributed by atoms with Crippen molar-refractivity contribution in [3.05, 3.63) is 47.7 Å². The van der Waals surface area contributed by atoms with E-state index in [-0.39, 0.29) is 11.3 Å². The van der Waals surface area contributed by atoms with Gasteiger partial charge in [-0.15, -0.1) is 0 Å². The summed E-state index contributed by atoms with van der Waals surface area (Å²) in [5, 5.41) is 8.67. The van der Waals surface area contributed by atoms with Gasteiger partial charge in [0.2, 0.25) is 0 Å². The Kier molecular flexibility index (Phi) is 4.85. The van der Waals surface area contributed by atoms with E-state index in [0.717, 1.165) is 61.3 Å². The number of fused-ring (bicyclic) bond motifs is 1. The van der Waals surface area contributed by atoms with Crippen LogP contribution in [-0.4, -0.2) is 33.9 Å². The van der Waals surface area contributed by atoms with Crippen molar-refractivity contribution < 1.29 is 0 Å². The van der Waals surface area contributed by atoms with E-state index in [9.17, 15) is 0 Å². The molecule has 28 heavy (non-hydrogen) atoms. The van der Waals surface area contributed by atoms with Crippen LogP contribution < -0.4 is 16.4 Å². The summed E-state index contributed by atoms with van der Waals surface area (Å²) in [6, 6.07) is 3.89. The van der Waals surface area contributed by atoms with Crippen LogP contribution in [0.5, 0.6) is 0 Å². The molecule has 0 aromatic carbocycles. The molecule has 7 nitrogen and oxygen atoms in total. The lowest BCUT2D eigenvalue weighted by Gasteiger charge is -2.31. The van der Waals surface area contributed by atoms with Gasteiger partial charge in [-0.05, 0) is 61.8 Å². The van der Waals surface area contributed by atoms with Crippen molar-refractivity contribution >= 4 is 22.9 Å². The topological polar surface area (TPSA) is 118 Å². The number of nitrogens with one attached hydrogen (secondary N) is 1. The molecule has 5 N–H and O–H groups in total. The molecule has 3 heterocycles. The van der Waals surface area contributed by atoms with E-state index in [1.54, 1.807) is 12.4 Å². The molecule has 0 saturated heterocycles. The highest BCUT2D eigenvalue weighted by Crippen LogP contribution is 2.37. The van der Waals surface area contributed by atoms with E-state index in [1.165, 1.54) is 0 Å². The zero-order chi connectivity index (χ0) is 19.7. The Hall–Kier alpha value is -2.80. The Labute approximate surface area is 165 Å². The van der Waals surface area contributed by atoms with Gasteiger partial charge in [0.25, 0.3) is 0 Å². The molecule has 1 aliphatic carbocycles. The highest BCUT2D eigenvalue weighted by molar-refractivity contribution is 6.09. The number of rotatable bonds is 3. The largest absolute Gasteiger partial charge is 0.382 e. The number of hydrogen-bond acceptors (Lipinski definition) is 6. The first-order chi connectivity index (χ1) is 13.5. The number of amidine groups is 1. The molecule has 0 saturated carbocycles. The van der Waals surface area contributed by atoms with Crippen LogP contribution in [0.1, 0.15) is 49.7 Å². The fourth-order valence-electron chi connectivity index (χ4n) is 3.92. The van der Waals surface area contributed by atoms with Crippen molar-refractivity contribution in [1.82, 2.24) is 15.0 Å². The molecule has 0 radical (unpaired) electrons. The lowest BCUT2D eigenvalue weighted by atomic mass is 9.76. The van der Waals surface area contributed by atoms with Crippen LogP contribution in [0.25, 0.3) is 5.57 Å². The Morgan fingerprint density at radius 1 is 1.32 bits per heavy atom. The fraction of sp³-hybridized carbons (Fsp3) is 0.429. The Morgan fingerprint density at radius 2 is 2.18 bits per heavy atom. The predicted octanol–water partition coefficient (Wildman–Crippen LogP) is 2.76. The third-order valence-corrected chi connectivity index (χ3v) is 5.91. The first-order valence-electron chi connectivity index (χ1n) is 9.83. The Bertz CT molecular complexity index is 936. The van der Waals surface area contributed by atoms with Crippen molar-refractivity contribution in [1.29, 1.82) is 5.41 Å². The second kappa shape index (κ2) is 7.31. The van der Waals surface area contributed by atoms with Crippen LogP contribution >= 0.6 is 0 Å². The van der Waals surface area contributed by atoms with Gasteiger partial charge in [0, 0.05) is 12.7 Å². The highest BCUT2D eigenvalue weighted by Gasteiger charge is 2.27. The second-order valence-electron chi connectivity index (χ2n) is 8.01. The molecule has 4 rings (SSSR count). The molecule has 1 unspecified atom stereocenters. The van der Waals surface area contributed by atoms with Crippen molar-refractivity contribution in [3.63, 3.8) is 0 Å². The number of nitrogens with zero attached hydrogens (tertiary/aromatic N) is 4. The summed E-state index contributed by atoms with van der Waals surface area (Å²) < 4.78 is 0. The SMILES string of the molecule is CC1(CN)CC=C(c2cnc(C(=N)N3CCCc4ncccc43)c(N)n2)CC1. The number of nitrogen functional groups attached to an aromatic ring is 1. The van der Waals surface area contributed by atoms with Crippen LogP contribution in [0.3, 0.4) is 0 Å². The van der Waals surface area contributed by atoms with Gasteiger partial charge in [-0.2, -0.15) is 0 Å². The minimum absolute atomic E-state index is 0.167. The van der Waals surface area contributed by atoms with Gasteiger partial charge >= 0.3 is 0 Å². The van der Waals surface area contributed by atoms with Gasteiger partial charge in [-0.3, -0.25) is 10.4 Å². The highest BCUT2D eigenvalue weighted by atomic mass is 15.2. The van der Waals surface area contributed by atoms with E-state index in [0.29, 0.717) is 18.1 Å². The summed E-state index contributed by atoms with van der Waals surface area (Å²) in [5.74, 6) is 0.574. The minimum Gasteiger partial charge on any atom is -0.382 e. The first-order valence-corrected chi connectivity index (χ1v) is 9.83. The fourth-order valence-corrected chi connectivity index (χ4v) is 3.92. The average Bonchev–Trinajstić information content (AvgIpc) is 2.73. The van der Waals surface area contributed by atoms with Gasteiger partial charge in [-0.1, -0.05) is 13.0 Å². The molecule has 146 valence electrons. The van der Waals surface area contributed by atoms with Gasteiger partial charge in [0.1, 0.15) is 5.69 Å². The second-order valence-corrected chi connectivity index (χ2v) is 8.01. The molecular weight excluding hydrogens is 350 g/mol. The summed E-state index contributed by atoms with van der Waals surface area (Å²) in [6.07, 6.45) is 10.5. The molecule has 2 aromatic heterocycles. The van der Waals surface area contributed by atoms with Gasteiger partial charge in [0.05, 0.1) is 23.3 Å². The Balaban J connectivity index is 1.59. The van der Waals surface area contributed by atoms with Gasteiger partial charge in [0.15, 0.2) is 11.7 Å². The Morgan fingerprint density at radius 3 is 2.89 bits per heavy atom. The molecular formula is C21H27N7. The standard InChI is InChI=1S/C21H27N7/c1-21(13-22)8-6-14(7-9-21)16-12-26-18(19(23)27-16)20(24)28-11-3-4-15-17(28)5-2-10-25-15/h2,5-6,10,12,24H,3-4,7-9,11,13,22H2,1H3,(H2,23,27). The number of allylic oxidation sites excluding steroid dienone is 2. The molecule has 0 fully saturated rings. The maximum Gasteiger partial charge on any atom is 0.155 e. The molecule has 0 spiro atoms. The molecule has 2 aliphatic rings. The number of aryl methyl sites for hydroxylation is 1. The number of nitrogens with two attached hydrogens (primary N) is 2. The smallest absolute Gasteiger partial charge is 0.155 e. The van der Waals surface area contributed by atoms with Crippen LogP contribution in [0.4, 0.5) is 11.5 Å². The number of hydrogen-bond donors (Lipinski definition) is 3. The molecule has 7 heteroatoms. The quantitative estimate of drug-likeness (QED) is 0.559. The van der Waals surface area contributed by atoms with E-state index in [2.05, 4.69) is 28.0 Å². The van der Waals surface area contributed by atoms with Crippen LogP contribution in [-0.2, 0) is 6.42 Å². The predicted molar refractivity (Wildman–Crippen MR) is 112 cm³/mol. The zero-order valence-corrected chi connectivity index (χ0v) is 16.3. The summed E-state index contributed by atoms with van der Waals surface area (Å²) in [4.78, 5) is 15.5. The number of anilines is 2. The zero-order valence-electron chi connectivity index (χ0n) is 16.3. The third-order valence-electron chi connectivity index (χ3n) is 5.91. The maximum atomic E-state index is 8.67. The van der Waals surface area contributed by atoms with Crippen molar-refractivity contribution in [3.8, 4) is 0 Å². The average molecular weight is 377 g/mol. The normalized spacial score (nSPS) is 21.8. The molecule has 1 aliphatic heterocycles. The third kappa shape index (κ3) is 3.38. The maximum absolute atomic E-state index is 8.67. The van der Waals surface area contributed by atoms with E-state index >= 15 is 0 Å². The van der Waals surface area contributed by atoms with Crippen molar-refractivity contribution in [2.75, 3.05) is 23.7 Å². The lowest BCUT2D eigenvalue weighted by Crippen LogP contribution is -2.37. The van der Waals surface area contributed by atoms with Gasteiger partial charge in [-0.25, -0.2) is 9.97 Å². The molecule has 0 bridgehead atoms. The number of aromatic nitrogens is 3. The molecule has 0 amide bonds. The van der Waals surface area contributed by atoms with Crippen molar-refractivity contribution in [2.45, 2.75) is 39.0 Å². The monoisotopic (exact) mass is 377 g/mol. The van der Waals surface area contributed by atoms with Crippen LogP contribution in [0.2, 0.25) is 0 Å². The molecule has 2 aromatic rings. The summed E-state index contributed by atoms with van der Waals surface area (Å²) >= 11 is 0.